The Morgan fingerprint density at radius 1 is 1.21 bits per heavy atom. The summed E-state index contributed by atoms with van der Waals surface area (Å²) < 4.78 is 0.888. The Morgan fingerprint density at radius 3 is 2.58 bits per heavy atom. The molecule has 2 rings (SSSR count). The summed E-state index contributed by atoms with van der Waals surface area (Å²) in [5.41, 5.74) is 2.24. The topological polar surface area (TPSA) is 56.0 Å². The van der Waals surface area contributed by atoms with E-state index in [4.69, 9.17) is 5.26 Å². The molecule has 0 heterocycles. The van der Waals surface area contributed by atoms with Crippen molar-refractivity contribution in [2.75, 3.05) is 11.9 Å². The minimum absolute atomic E-state index is 0.0403. The zero-order chi connectivity index (χ0) is 13.7. The van der Waals surface area contributed by atoms with Gasteiger partial charge in [0.1, 0.15) is 6.07 Å². The largest absolute Gasteiger partial charge is 0.394 e. The van der Waals surface area contributed by atoms with Gasteiger partial charge in [0.2, 0.25) is 0 Å². The van der Waals surface area contributed by atoms with Gasteiger partial charge < -0.3 is 10.4 Å². The van der Waals surface area contributed by atoms with Gasteiger partial charge in [0.15, 0.2) is 0 Å². The second-order valence-corrected chi connectivity index (χ2v) is 5.01. The molecule has 96 valence electrons. The lowest BCUT2D eigenvalue weighted by atomic mass is 10.1. The first-order chi connectivity index (χ1) is 9.24. The van der Waals surface area contributed by atoms with E-state index >= 15 is 0 Å². The molecule has 0 fully saturated rings. The Morgan fingerprint density at radius 2 is 1.95 bits per heavy atom. The number of anilines is 1. The van der Waals surface area contributed by atoms with Crippen molar-refractivity contribution in [3.8, 4) is 6.07 Å². The normalized spacial score (nSPS) is 11.6. The van der Waals surface area contributed by atoms with E-state index in [0.717, 1.165) is 10.0 Å². The number of nitrogens with zero attached hydrogens (tertiary/aromatic N) is 1. The molecule has 0 bridgehead atoms. The van der Waals surface area contributed by atoms with Crippen LogP contribution in [0.2, 0.25) is 0 Å². The lowest BCUT2D eigenvalue weighted by molar-refractivity contribution is 0.276. The van der Waals surface area contributed by atoms with E-state index in [9.17, 15) is 5.11 Å². The average molecular weight is 317 g/mol. The first kappa shape index (κ1) is 13.6. The van der Waals surface area contributed by atoms with Gasteiger partial charge in [-0.2, -0.15) is 5.26 Å². The van der Waals surface area contributed by atoms with Gasteiger partial charge in [-0.1, -0.05) is 46.3 Å². The van der Waals surface area contributed by atoms with E-state index in [1.165, 1.54) is 0 Å². The molecule has 0 aromatic heterocycles. The predicted molar refractivity (Wildman–Crippen MR) is 78.7 cm³/mol. The molecule has 2 aromatic rings. The lowest BCUT2D eigenvalue weighted by Crippen LogP contribution is -2.15. The van der Waals surface area contributed by atoms with Gasteiger partial charge in [0.05, 0.1) is 23.9 Å². The third-order valence-electron chi connectivity index (χ3n) is 2.82. The van der Waals surface area contributed by atoms with Crippen molar-refractivity contribution in [1.29, 1.82) is 5.26 Å². The molecule has 0 spiro atoms. The first-order valence-electron chi connectivity index (χ1n) is 5.86. The Balaban J connectivity index is 2.29. The van der Waals surface area contributed by atoms with E-state index in [0.29, 0.717) is 11.3 Å². The molecule has 0 aliphatic rings. The van der Waals surface area contributed by atoms with Crippen LogP contribution in [-0.4, -0.2) is 11.7 Å². The van der Waals surface area contributed by atoms with Crippen molar-refractivity contribution < 1.29 is 5.11 Å². The number of aliphatic hydroxyl groups is 1. The van der Waals surface area contributed by atoms with Crippen LogP contribution in [-0.2, 0) is 0 Å². The van der Waals surface area contributed by atoms with Crippen molar-refractivity contribution in [1.82, 2.24) is 0 Å². The Bertz CT molecular complexity index is 593. The van der Waals surface area contributed by atoms with E-state index in [2.05, 4.69) is 27.3 Å². The zero-order valence-electron chi connectivity index (χ0n) is 10.2. The van der Waals surface area contributed by atoms with Gasteiger partial charge in [0.25, 0.3) is 0 Å². The summed E-state index contributed by atoms with van der Waals surface area (Å²) in [6, 6.07) is 17.0. The third-order valence-corrected chi connectivity index (χ3v) is 3.31. The van der Waals surface area contributed by atoms with Crippen molar-refractivity contribution in [3.05, 3.63) is 64.1 Å². The van der Waals surface area contributed by atoms with Gasteiger partial charge >= 0.3 is 0 Å². The Labute approximate surface area is 120 Å². The van der Waals surface area contributed by atoms with E-state index in [-0.39, 0.29) is 12.6 Å². The fourth-order valence-electron chi connectivity index (χ4n) is 1.84. The van der Waals surface area contributed by atoms with Crippen LogP contribution in [0.3, 0.4) is 0 Å². The molecule has 2 aromatic carbocycles. The van der Waals surface area contributed by atoms with Gasteiger partial charge in [-0.25, -0.2) is 0 Å². The number of nitriles is 1. The summed E-state index contributed by atoms with van der Waals surface area (Å²) >= 11 is 3.38. The molecular weight excluding hydrogens is 304 g/mol. The maximum Gasteiger partial charge on any atom is 0.101 e. The molecule has 0 saturated heterocycles. The van der Waals surface area contributed by atoms with E-state index < -0.39 is 0 Å². The maximum atomic E-state index is 9.52. The van der Waals surface area contributed by atoms with Crippen molar-refractivity contribution in [3.63, 3.8) is 0 Å². The highest BCUT2D eigenvalue weighted by Gasteiger charge is 2.12. The SMILES string of the molecule is N#Cc1ccc(Br)cc1NC(CO)c1ccccc1. The fourth-order valence-corrected chi connectivity index (χ4v) is 2.20. The highest BCUT2D eigenvalue weighted by atomic mass is 79.9. The summed E-state index contributed by atoms with van der Waals surface area (Å²) in [6.45, 7) is -0.0403. The van der Waals surface area contributed by atoms with Crippen LogP contribution >= 0.6 is 15.9 Å². The average Bonchev–Trinajstić information content (AvgIpc) is 2.46. The minimum Gasteiger partial charge on any atom is -0.394 e. The van der Waals surface area contributed by atoms with Crippen molar-refractivity contribution in [2.24, 2.45) is 0 Å². The van der Waals surface area contributed by atoms with Crippen LogP contribution in [0.1, 0.15) is 17.2 Å². The second kappa shape index (κ2) is 6.37. The van der Waals surface area contributed by atoms with Crippen LogP contribution in [0.25, 0.3) is 0 Å². The lowest BCUT2D eigenvalue weighted by Gasteiger charge is -2.19. The predicted octanol–water partition coefficient (Wildman–Crippen LogP) is 3.47. The number of hydrogen-bond donors (Lipinski definition) is 2. The van der Waals surface area contributed by atoms with Gasteiger partial charge in [-0.15, -0.1) is 0 Å². The number of halogens is 1. The highest BCUT2D eigenvalue weighted by molar-refractivity contribution is 9.10. The van der Waals surface area contributed by atoms with E-state index in [1.807, 2.05) is 42.5 Å². The molecule has 0 saturated carbocycles. The summed E-state index contributed by atoms with van der Waals surface area (Å²) in [5, 5.41) is 21.8. The summed E-state index contributed by atoms with van der Waals surface area (Å²) in [7, 11) is 0. The van der Waals surface area contributed by atoms with Gasteiger partial charge in [-0.3, -0.25) is 0 Å². The van der Waals surface area contributed by atoms with Crippen LogP contribution < -0.4 is 5.32 Å². The monoisotopic (exact) mass is 316 g/mol. The second-order valence-electron chi connectivity index (χ2n) is 4.09. The van der Waals surface area contributed by atoms with Crippen LogP contribution in [0.5, 0.6) is 0 Å². The molecule has 0 aliphatic heterocycles. The summed E-state index contributed by atoms with van der Waals surface area (Å²) in [5.74, 6) is 0. The molecule has 1 atom stereocenters. The number of benzene rings is 2. The molecule has 19 heavy (non-hydrogen) atoms. The highest BCUT2D eigenvalue weighted by Crippen LogP contribution is 2.25. The van der Waals surface area contributed by atoms with Crippen molar-refractivity contribution in [2.45, 2.75) is 6.04 Å². The molecule has 3 nitrogen and oxygen atoms in total. The zero-order valence-corrected chi connectivity index (χ0v) is 11.8. The molecule has 2 N–H and O–H groups in total. The smallest absolute Gasteiger partial charge is 0.101 e. The molecule has 0 amide bonds. The molecule has 0 aliphatic carbocycles. The van der Waals surface area contributed by atoms with Crippen molar-refractivity contribution >= 4 is 21.6 Å². The number of rotatable bonds is 4. The molecule has 0 radical (unpaired) electrons. The molecule has 1 unspecified atom stereocenters. The standard InChI is InChI=1S/C15H13BrN2O/c16-13-7-6-12(9-17)14(8-13)18-15(10-19)11-4-2-1-3-5-11/h1-8,15,18-19H,10H2. The third kappa shape index (κ3) is 3.34. The molecule has 4 heteroatoms. The van der Waals surface area contributed by atoms with Gasteiger partial charge in [0, 0.05) is 4.47 Å². The van der Waals surface area contributed by atoms with Crippen LogP contribution in [0, 0.1) is 11.3 Å². The Kier molecular flexibility index (Phi) is 4.56. The number of nitrogens with one attached hydrogen (secondary N) is 1. The minimum atomic E-state index is -0.234. The molecular formula is C15H13BrN2O. The summed E-state index contributed by atoms with van der Waals surface area (Å²) in [4.78, 5) is 0. The number of aliphatic hydroxyl groups excluding tert-OH is 1. The van der Waals surface area contributed by atoms with Gasteiger partial charge in [-0.05, 0) is 23.8 Å². The van der Waals surface area contributed by atoms with E-state index in [1.54, 1.807) is 6.07 Å². The fraction of sp³-hybridized carbons (Fsp3) is 0.133. The summed E-state index contributed by atoms with van der Waals surface area (Å²) in [6.07, 6.45) is 0. The Hall–Kier alpha value is -1.83. The number of hydrogen-bond acceptors (Lipinski definition) is 3. The van der Waals surface area contributed by atoms with Crippen LogP contribution in [0.4, 0.5) is 5.69 Å². The quantitative estimate of drug-likeness (QED) is 0.908. The first-order valence-corrected chi connectivity index (χ1v) is 6.66. The maximum absolute atomic E-state index is 9.52. The van der Waals surface area contributed by atoms with Crippen LogP contribution in [0.15, 0.2) is 53.0 Å².